The van der Waals surface area contributed by atoms with Gasteiger partial charge in [-0.15, -0.1) is 0 Å². The maximum Gasteiger partial charge on any atom is 0.308 e. The standard InChI is InChI=1S/C28H25N3O6/c1-16(2)15-31-27(35)21-12-11-19(14-22(21)28(31)36)26(34)30-24-10-5-4-9-23(24)29-25(33)18-7-6-8-20(13-18)37-17(3)32/h4-14,16H,15H2,1-3H3,(H,29,33)(H,30,34). The Bertz CT molecular complexity index is 1430. The van der Waals surface area contributed by atoms with E-state index < -0.39 is 23.7 Å². The summed E-state index contributed by atoms with van der Waals surface area (Å²) in [6.45, 7) is 5.39. The number of anilines is 2. The Morgan fingerprint density at radius 3 is 1.97 bits per heavy atom. The van der Waals surface area contributed by atoms with E-state index in [1.807, 2.05) is 13.8 Å². The number of para-hydroxylation sites is 2. The Morgan fingerprint density at radius 2 is 1.38 bits per heavy atom. The summed E-state index contributed by atoms with van der Waals surface area (Å²) in [5.74, 6) is -1.93. The van der Waals surface area contributed by atoms with Crippen molar-refractivity contribution >= 4 is 41.0 Å². The number of benzene rings is 3. The Balaban J connectivity index is 1.52. The maximum atomic E-state index is 13.0. The van der Waals surface area contributed by atoms with E-state index in [9.17, 15) is 24.0 Å². The number of hydrogen-bond donors (Lipinski definition) is 2. The monoisotopic (exact) mass is 499 g/mol. The lowest BCUT2D eigenvalue weighted by Crippen LogP contribution is -2.33. The van der Waals surface area contributed by atoms with E-state index in [1.54, 1.807) is 42.5 Å². The van der Waals surface area contributed by atoms with Gasteiger partial charge >= 0.3 is 5.97 Å². The van der Waals surface area contributed by atoms with Gasteiger partial charge in [0.1, 0.15) is 5.75 Å². The lowest BCUT2D eigenvalue weighted by Gasteiger charge is -2.15. The smallest absolute Gasteiger partial charge is 0.308 e. The predicted molar refractivity (Wildman–Crippen MR) is 137 cm³/mol. The van der Waals surface area contributed by atoms with E-state index in [4.69, 9.17) is 4.74 Å². The topological polar surface area (TPSA) is 122 Å². The molecule has 0 aromatic heterocycles. The zero-order valence-electron chi connectivity index (χ0n) is 20.5. The van der Waals surface area contributed by atoms with Crippen LogP contribution in [-0.4, -0.2) is 41.0 Å². The third-order valence-corrected chi connectivity index (χ3v) is 5.56. The van der Waals surface area contributed by atoms with Gasteiger partial charge in [-0.2, -0.15) is 0 Å². The second kappa shape index (κ2) is 10.4. The Labute approximate surface area is 213 Å². The minimum Gasteiger partial charge on any atom is -0.427 e. The van der Waals surface area contributed by atoms with Gasteiger partial charge in [-0.3, -0.25) is 28.9 Å². The molecule has 1 aliphatic rings. The van der Waals surface area contributed by atoms with Gasteiger partial charge < -0.3 is 15.4 Å². The summed E-state index contributed by atoms with van der Waals surface area (Å²) >= 11 is 0. The van der Waals surface area contributed by atoms with Crippen LogP contribution in [0.2, 0.25) is 0 Å². The minimum atomic E-state index is -0.510. The Kier molecular flexibility index (Phi) is 7.15. The number of fused-ring (bicyclic) bond motifs is 1. The molecule has 0 radical (unpaired) electrons. The van der Waals surface area contributed by atoms with Gasteiger partial charge in [0.2, 0.25) is 0 Å². The zero-order valence-corrected chi connectivity index (χ0v) is 20.5. The quantitative estimate of drug-likeness (QED) is 0.283. The van der Waals surface area contributed by atoms with Gasteiger partial charge in [-0.1, -0.05) is 32.0 Å². The van der Waals surface area contributed by atoms with Crippen LogP contribution in [0.1, 0.15) is 62.2 Å². The maximum absolute atomic E-state index is 13.0. The van der Waals surface area contributed by atoms with Crippen LogP contribution in [0.15, 0.2) is 66.7 Å². The van der Waals surface area contributed by atoms with Crippen LogP contribution in [0.25, 0.3) is 0 Å². The zero-order chi connectivity index (χ0) is 26.7. The molecule has 0 atom stereocenters. The van der Waals surface area contributed by atoms with Crippen LogP contribution in [-0.2, 0) is 4.79 Å². The molecule has 3 aromatic rings. The van der Waals surface area contributed by atoms with E-state index in [0.29, 0.717) is 17.9 Å². The highest BCUT2D eigenvalue weighted by atomic mass is 16.5. The fourth-order valence-electron chi connectivity index (χ4n) is 3.92. The second-order valence-corrected chi connectivity index (χ2v) is 8.95. The molecule has 0 saturated heterocycles. The summed E-state index contributed by atoms with van der Waals surface area (Å²) in [7, 11) is 0. The first-order valence-electron chi connectivity index (χ1n) is 11.6. The molecule has 0 unspecified atom stereocenters. The number of carbonyl (C=O) groups is 5. The number of imide groups is 1. The van der Waals surface area contributed by atoms with E-state index in [-0.39, 0.29) is 39.8 Å². The van der Waals surface area contributed by atoms with Gasteiger partial charge in [0.25, 0.3) is 23.6 Å². The number of esters is 1. The van der Waals surface area contributed by atoms with Crippen molar-refractivity contribution in [3.8, 4) is 5.75 Å². The molecule has 9 nitrogen and oxygen atoms in total. The molecule has 188 valence electrons. The minimum absolute atomic E-state index is 0.112. The molecular weight excluding hydrogens is 474 g/mol. The molecule has 0 spiro atoms. The Hall–Kier alpha value is -4.79. The fraction of sp³-hybridized carbons (Fsp3) is 0.179. The molecular formula is C28H25N3O6. The van der Waals surface area contributed by atoms with Crippen molar-refractivity contribution in [2.24, 2.45) is 5.92 Å². The average molecular weight is 500 g/mol. The second-order valence-electron chi connectivity index (χ2n) is 8.95. The average Bonchev–Trinajstić information content (AvgIpc) is 3.09. The predicted octanol–water partition coefficient (Wildman–Crippen LogP) is 4.37. The first-order chi connectivity index (χ1) is 17.6. The normalized spacial score (nSPS) is 12.4. The van der Waals surface area contributed by atoms with Crippen LogP contribution in [0, 0.1) is 5.92 Å². The van der Waals surface area contributed by atoms with E-state index in [2.05, 4.69) is 10.6 Å². The molecule has 0 fully saturated rings. The van der Waals surface area contributed by atoms with Crippen LogP contribution >= 0.6 is 0 Å². The SMILES string of the molecule is CC(=O)Oc1cccc(C(=O)Nc2ccccc2NC(=O)c2ccc3c(c2)C(=O)N(CC(C)C)C3=O)c1. The number of hydrogen-bond acceptors (Lipinski definition) is 6. The highest BCUT2D eigenvalue weighted by Crippen LogP contribution is 2.27. The lowest BCUT2D eigenvalue weighted by molar-refractivity contribution is -0.131. The van der Waals surface area contributed by atoms with E-state index in [1.165, 1.54) is 36.1 Å². The highest BCUT2D eigenvalue weighted by Gasteiger charge is 2.36. The van der Waals surface area contributed by atoms with Crippen LogP contribution in [0.5, 0.6) is 5.75 Å². The third-order valence-electron chi connectivity index (χ3n) is 5.56. The van der Waals surface area contributed by atoms with Crippen LogP contribution in [0.4, 0.5) is 11.4 Å². The number of amides is 4. The van der Waals surface area contributed by atoms with Crippen molar-refractivity contribution in [1.82, 2.24) is 4.90 Å². The summed E-state index contributed by atoms with van der Waals surface area (Å²) in [5.41, 5.74) is 1.59. The van der Waals surface area contributed by atoms with Crippen molar-refractivity contribution in [3.05, 3.63) is 89.0 Å². The van der Waals surface area contributed by atoms with Gasteiger partial charge in [0.15, 0.2) is 0 Å². The summed E-state index contributed by atoms with van der Waals surface area (Å²) in [4.78, 5) is 63.6. The van der Waals surface area contributed by atoms with Crippen molar-refractivity contribution in [3.63, 3.8) is 0 Å². The summed E-state index contributed by atoms with van der Waals surface area (Å²) in [6, 6.07) is 17.2. The van der Waals surface area contributed by atoms with Crippen molar-refractivity contribution in [2.45, 2.75) is 20.8 Å². The lowest BCUT2D eigenvalue weighted by atomic mass is 10.1. The molecule has 4 rings (SSSR count). The highest BCUT2D eigenvalue weighted by molar-refractivity contribution is 6.22. The third kappa shape index (κ3) is 5.56. The first kappa shape index (κ1) is 25.3. The molecule has 3 aromatic carbocycles. The number of nitrogens with one attached hydrogen (secondary N) is 2. The number of rotatable bonds is 7. The number of nitrogens with zero attached hydrogens (tertiary/aromatic N) is 1. The van der Waals surface area contributed by atoms with Crippen molar-refractivity contribution in [1.29, 1.82) is 0 Å². The van der Waals surface area contributed by atoms with Crippen LogP contribution < -0.4 is 15.4 Å². The number of carbonyl (C=O) groups excluding carboxylic acids is 5. The van der Waals surface area contributed by atoms with E-state index in [0.717, 1.165) is 0 Å². The molecule has 1 aliphatic heterocycles. The van der Waals surface area contributed by atoms with Gasteiger partial charge in [-0.25, -0.2) is 0 Å². The van der Waals surface area contributed by atoms with Crippen molar-refractivity contribution < 1.29 is 28.7 Å². The fourth-order valence-corrected chi connectivity index (χ4v) is 3.92. The van der Waals surface area contributed by atoms with Gasteiger partial charge in [0.05, 0.1) is 22.5 Å². The Morgan fingerprint density at radius 1 is 0.784 bits per heavy atom. The van der Waals surface area contributed by atoms with Crippen molar-refractivity contribution in [2.75, 3.05) is 17.2 Å². The van der Waals surface area contributed by atoms with E-state index >= 15 is 0 Å². The molecule has 0 aliphatic carbocycles. The largest absolute Gasteiger partial charge is 0.427 e. The molecule has 2 N–H and O–H groups in total. The summed E-state index contributed by atoms with van der Waals surface area (Å²) in [5, 5.41) is 5.49. The summed E-state index contributed by atoms with van der Waals surface area (Å²) < 4.78 is 5.03. The molecule has 0 bridgehead atoms. The van der Waals surface area contributed by atoms with Gasteiger partial charge in [0, 0.05) is 24.6 Å². The first-order valence-corrected chi connectivity index (χ1v) is 11.6. The molecule has 9 heteroatoms. The molecule has 37 heavy (non-hydrogen) atoms. The molecule has 1 heterocycles. The number of ether oxygens (including phenoxy) is 1. The summed E-state index contributed by atoms with van der Waals surface area (Å²) in [6.07, 6.45) is 0. The molecule has 0 saturated carbocycles. The molecule has 4 amide bonds. The van der Waals surface area contributed by atoms with Gasteiger partial charge in [-0.05, 0) is 54.4 Å². The van der Waals surface area contributed by atoms with Crippen LogP contribution in [0.3, 0.4) is 0 Å².